The number of carboxylic acids is 1. The molecule has 0 heterocycles. The first-order chi connectivity index (χ1) is 9.51. The fourth-order valence-corrected chi connectivity index (χ4v) is 1.85. The van der Waals surface area contributed by atoms with Crippen LogP contribution in [0, 0.1) is 5.82 Å². The van der Waals surface area contributed by atoms with Crippen LogP contribution in [0.1, 0.15) is 31.7 Å². The van der Waals surface area contributed by atoms with Crippen LogP contribution in [0.3, 0.4) is 0 Å². The lowest BCUT2D eigenvalue weighted by molar-refractivity contribution is -0.137. The Morgan fingerprint density at radius 1 is 1.40 bits per heavy atom. The number of aliphatic carboxylic acids is 1. The van der Waals surface area contributed by atoms with Crippen molar-refractivity contribution >= 4 is 12.0 Å². The Hall–Kier alpha value is -2.11. The Morgan fingerprint density at radius 3 is 2.75 bits per heavy atom. The molecule has 6 heteroatoms. The third-order valence-electron chi connectivity index (χ3n) is 2.74. The Labute approximate surface area is 117 Å². The lowest BCUT2D eigenvalue weighted by Crippen LogP contribution is -2.42. The van der Waals surface area contributed by atoms with Crippen LogP contribution in [0.15, 0.2) is 24.3 Å². The zero-order valence-electron chi connectivity index (χ0n) is 11.4. The molecule has 20 heavy (non-hydrogen) atoms. The van der Waals surface area contributed by atoms with E-state index in [4.69, 9.17) is 5.11 Å². The zero-order chi connectivity index (χ0) is 15.0. The van der Waals surface area contributed by atoms with E-state index in [0.717, 1.165) is 6.42 Å². The van der Waals surface area contributed by atoms with Crippen molar-refractivity contribution in [1.82, 2.24) is 10.6 Å². The van der Waals surface area contributed by atoms with Crippen molar-refractivity contribution in [1.29, 1.82) is 0 Å². The van der Waals surface area contributed by atoms with Crippen LogP contribution in [0.2, 0.25) is 0 Å². The second-order valence-corrected chi connectivity index (χ2v) is 4.54. The topological polar surface area (TPSA) is 78.4 Å². The van der Waals surface area contributed by atoms with Gasteiger partial charge in [-0.05, 0) is 24.1 Å². The van der Waals surface area contributed by atoms with E-state index in [2.05, 4.69) is 10.6 Å². The van der Waals surface area contributed by atoms with Gasteiger partial charge in [-0.25, -0.2) is 9.18 Å². The number of carbonyl (C=O) groups excluding carboxylic acids is 1. The molecule has 0 saturated heterocycles. The first kappa shape index (κ1) is 15.9. The number of urea groups is 1. The number of carbonyl (C=O) groups is 2. The monoisotopic (exact) mass is 282 g/mol. The fraction of sp³-hybridized carbons (Fsp3) is 0.429. The van der Waals surface area contributed by atoms with Crippen LogP contribution in [-0.2, 0) is 11.3 Å². The molecule has 1 unspecified atom stereocenters. The summed E-state index contributed by atoms with van der Waals surface area (Å²) in [6, 6.07) is 5.08. The number of nitrogens with one attached hydrogen (secondary N) is 2. The molecule has 0 spiro atoms. The Morgan fingerprint density at radius 2 is 2.15 bits per heavy atom. The summed E-state index contributed by atoms with van der Waals surface area (Å²) in [4.78, 5) is 22.3. The van der Waals surface area contributed by atoms with E-state index < -0.39 is 18.0 Å². The lowest BCUT2D eigenvalue weighted by atomic mass is 10.1. The maximum Gasteiger partial charge on any atom is 0.315 e. The minimum absolute atomic E-state index is 0.110. The third-order valence-corrected chi connectivity index (χ3v) is 2.74. The fourth-order valence-electron chi connectivity index (χ4n) is 1.85. The summed E-state index contributed by atoms with van der Waals surface area (Å²) in [7, 11) is 0. The van der Waals surface area contributed by atoms with Crippen molar-refractivity contribution in [3.05, 3.63) is 35.6 Å². The predicted molar refractivity (Wildman–Crippen MR) is 72.7 cm³/mol. The van der Waals surface area contributed by atoms with Crippen molar-refractivity contribution in [2.45, 2.75) is 38.8 Å². The first-order valence-corrected chi connectivity index (χ1v) is 6.52. The molecular weight excluding hydrogens is 263 g/mol. The number of rotatable bonds is 7. The minimum atomic E-state index is -0.950. The molecule has 0 aliphatic rings. The molecule has 0 saturated carbocycles. The highest BCUT2D eigenvalue weighted by Gasteiger charge is 2.14. The van der Waals surface area contributed by atoms with Gasteiger partial charge in [0.05, 0.1) is 6.42 Å². The number of carboxylic acid groups (broad SMARTS) is 1. The van der Waals surface area contributed by atoms with Gasteiger partial charge in [0, 0.05) is 12.6 Å². The van der Waals surface area contributed by atoms with Crippen molar-refractivity contribution in [2.24, 2.45) is 0 Å². The van der Waals surface area contributed by atoms with Gasteiger partial charge in [0.15, 0.2) is 0 Å². The Kier molecular flexibility index (Phi) is 6.49. The summed E-state index contributed by atoms with van der Waals surface area (Å²) in [5.41, 5.74) is 0.644. The van der Waals surface area contributed by atoms with Gasteiger partial charge in [0.25, 0.3) is 0 Å². The van der Waals surface area contributed by atoms with Gasteiger partial charge in [-0.1, -0.05) is 25.5 Å². The van der Waals surface area contributed by atoms with E-state index in [9.17, 15) is 14.0 Å². The minimum Gasteiger partial charge on any atom is -0.481 e. The molecule has 0 fully saturated rings. The quantitative estimate of drug-likeness (QED) is 0.718. The molecule has 1 aromatic rings. The average Bonchev–Trinajstić information content (AvgIpc) is 2.36. The zero-order valence-corrected chi connectivity index (χ0v) is 11.4. The molecule has 110 valence electrons. The molecule has 3 N–H and O–H groups in total. The largest absolute Gasteiger partial charge is 0.481 e. The summed E-state index contributed by atoms with van der Waals surface area (Å²) >= 11 is 0. The molecule has 1 atom stereocenters. The van der Waals surface area contributed by atoms with Gasteiger partial charge in [0.1, 0.15) is 5.82 Å². The molecule has 0 aromatic heterocycles. The number of halogens is 1. The second-order valence-electron chi connectivity index (χ2n) is 4.54. The third kappa shape index (κ3) is 6.17. The molecule has 2 amide bonds. The first-order valence-electron chi connectivity index (χ1n) is 6.52. The summed E-state index contributed by atoms with van der Waals surface area (Å²) in [6.45, 7) is 2.11. The van der Waals surface area contributed by atoms with Crippen LogP contribution in [0.4, 0.5) is 9.18 Å². The van der Waals surface area contributed by atoms with Gasteiger partial charge in [-0.2, -0.15) is 0 Å². The van der Waals surface area contributed by atoms with Crippen molar-refractivity contribution in [2.75, 3.05) is 0 Å². The maximum absolute atomic E-state index is 13.0. The van der Waals surface area contributed by atoms with E-state index >= 15 is 0 Å². The van der Waals surface area contributed by atoms with E-state index in [1.165, 1.54) is 12.1 Å². The van der Waals surface area contributed by atoms with Crippen molar-refractivity contribution in [3.63, 3.8) is 0 Å². The van der Waals surface area contributed by atoms with Crippen LogP contribution in [0.5, 0.6) is 0 Å². The van der Waals surface area contributed by atoms with Gasteiger partial charge in [0.2, 0.25) is 0 Å². The number of hydrogen-bond donors (Lipinski definition) is 3. The summed E-state index contributed by atoms with van der Waals surface area (Å²) < 4.78 is 13.0. The summed E-state index contributed by atoms with van der Waals surface area (Å²) in [5.74, 6) is -1.31. The van der Waals surface area contributed by atoms with Gasteiger partial charge in [-0.3, -0.25) is 4.79 Å². The van der Waals surface area contributed by atoms with Gasteiger partial charge < -0.3 is 15.7 Å². The number of benzene rings is 1. The molecule has 0 bridgehead atoms. The average molecular weight is 282 g/mol. The standard InChI is InChI=1S/C14H19FN2O3/c1-2-4-12(8-13(18)19)17-14(20)16-9-10-5-3-6-11(15)7-10/h3,5-7,12H,2,4,8-9H2,1H3,(H,18,19)(H2,16,17,20). The highest BCUT2D eigenvalue weighted by molar-refractivity contribution is 5.75. The predicted octanol–water partition coefficient (Wildman–Crippen LogP) is 2.27. The molecular formula is C14H19FN2O3. The molecule has 0 aliphatic carbocycles. The van der Waals surface area contributed by atoms with Gasteiger partial charge in [-0.15, -0.1) is 0 Å². The van der Waals surface area contributed by atoms with Crippen LogP contribution in [0.25, 0.3) is 0 Å². The van der Waals surface area contributed by atoms with Crippen molar-refractivity contribution in [3.8, 4) is 0 Å². The van der Waals surface area contributed by atoms with E-state index in [0.29, 0.717) is 12.0 Å². The molecule has 5 nitrogen and oxygen atoms in total. The van der Waals surface area contributed by atoms with Gasteiger partial charge >= 0.3 is 12.0 Å². The smallest absolute Gasteiger partial charge is 0.315 e. The van der Waals surface area contributed by atoms with E-state index in [1.54, 1.807) is 12.1 Å². The van der Waals surface area contributed by atoms with E-state index in [-0.39, 0.29) is 18.8 Å². The number of hydrogen-bond acceptors (Lipinski definition) is 2. The summed E-state index contributed by atoms with van der Waals surface area (Å²) in [6.07, 6.45) is 1.27. The number of amides is 2. The van der Waals surface area contributed by atoms with Crippen LogP contribution >= 0.6 is 0 Å². The van der Waals surface area contributed by atoms with Crippen molar-refractivity contribution < 1.29 is 19.1 Å². The molecule has 1 rings (SSSR count). The molecule has 1 aromatic carbocycles. The normalized spacial score (nSPS) is 11.7. The van der Waals surface area contributed by atoms with Crippen LogP contribution in [-0.4, -0.2) is 23.1 Å². The highest BCUT2D eigenvalue weighted by Crippen LogP contribution is 2.04. The maximum atomic E-state index is 13.0. The van der Waals surface area contributed by atoms with E-state index in [1.807, 2.05) is 6.92 Å². The van der Waals surface area contributed by atoms with Crippen LogP contribution < -0.4 is 10.6 Å². The lowest BCUT2D eigenvalue weighted by Gasteiger charge is -2.16. The summed E-state index contributed by atoms with van der Waals surface area (Å²) in [5, 5.41) is 13.9. The Bertz CT molecular complexity index is 465. The SMILES string of the molecule is CCCC(CC(=O)O)NC(=O)NCc1cccc(F)c1. The molecule has 0 radical (unpaired) electrons. The Balaban J connectivity index is 2.43. The highest BCUT2D eigenvalue weighted by atomic mass is 19.1. The molecule has 0 aliphatic heterocycles. The second kappa shape index (κ2) is 8.14.